The largest absolute Gasteiger partial charge is 0.502 e. The molecule has 1 amide bonds. The summed E-state index contributed by atoms with van der Waals surface area (Å²) in [7, 11) is 1.33. The Hall–Kier alpha value is -3.86. The predicted octanol–water partition coefficient (Wildman–Crippen LogP) is 2.05. The number of phenols is 1. The van der Waals surface area contributed by atoms with E-state index in [2.05, 4.69) is 10.5 Å². The molecule has 0 heterocycles. The van der Waals surface area contributed by atoms with E-state index in [1.54, 1.807) is 30.3 Å². The first-order chi connectivity index (χ1) is 12.8. The quantitative estimate of drug-likeness (QED) is 0.426. The Kier molecular flexibility index (Phi) is 6.12. The van der Waals surface area contributed by atoms with Gasteiger partial charge in [-0.2, -0.15) is 5.10 Å². The molecule has 27 heavy (non-hydrogen) atoms. The number of hydrogen-bond acceptors (Lipinski definition) is 8. The SMILES string of the molecule is CO[C@H](C(=O)N/N=C/c1cc([N+](=O)[O-])cc([N+](=O)[O-])c1O)c1ccccc1. The number of non-ortho nitro benzene ring substituents is 1. The third-order valence-electron chi connectivity index (χ3n) is 3.47. The lowest BCUT2D eigenvalue weighted by atomic mass is 10.1. The first-order valence-electron chi connectivity index (χ1n) is 7.41. The number of phenolic OH excluding ortho intramolecular Hbond substituents is 1. The second-order valence-electron chi connectivity index (χ2n) is 5.18. The van der Waals surface area contributed by atoms with Gasteiger partial charge in [0.2, 0.25) is 5.75 Å². The zero-order chi connectivity index (χ0) is 20.0. The lowest BCUT2D eigenvalue weighted by molar-refractivity contribution is -0.394. The summed E-state index contributed by atoms with van der Waals surface area (Å²) in [6, 6.07) is 10.1. The number of nitrogens with zero attached hydrogens (tertiary/aromatic N) is 3. The van der Waals surface area contributed by atoms with E-state index in [-0.39, 0.29) is 5.56 Å². The first-order valence-corrected chi connectivity index (χ1v) is 7.41. The molecular formula is C16H14N4O7. The van der Waals surface area contributed by atoms with Gasteiger partial charge in [-0.15, -0.1) is 0 Å². The number of benzene rings is 2. The van der Waals surface area contributed by atoms with Crippen molar-refractivity contribution in [3.63, 3.8) is 0 Å². The number of aromatic hydroxyl groups is 1. The number of ether oxygens (including phenoxy) is 1. The standard InChI is InChI=1S/C16H14N4O7/c1-27-15(10-5-3-2-4-6-10)16(22)18-17-9-11-7-12(19(23)24)8-13(14(11)21)20(25)26/h2-9,15,21H,1H3,(H,18,22)/b17-9+/t15-/m0/s1. The topological polar surface area (TPSA) is 157 Å². The fourth-order valence-corrected chi connectivity index (χ4v) is 2.22. The molecule has 0 saturated carbocycles. The van der Waals surface area contributed by atoms with Gasteiger partial charge in [-0.05, 0) is 5.56 Å². The van der Waals surface area contributed by atoms with Gasteiger partial charge in [0.05, 0.1) is 27.7 Å². The molecule has 0 fully saturated rings. The number of hydrazone groups is 1. The minimum absolute atomic E-state index is 0.301. The Labute approximate surface area is 152 Å². The summed E-state index contributed by atoms with van der Waals surface area (Å²) in [6.45, 7) is 0. The third kappa shape index (κ3) is 4.61. The Morgan fingerprint density at radius 3 is 2.44 bits per heavy atom. The second-order valence-corrected chi connectivity index (χ2v) is 5.18. The number of hydrogen-bond donors (Lipinski definition) is 2. The van der Waals surface area contributed by atoms with Crippen LogP contribution in [0.2, 0.25) is 0 Å². The van der Waals surface area contributed by atoms with Crippen molar-refractivity contribution in [2.45, 2.75) is 6.10 Å². The maximum Gasteiger partial charge on any atom is 0.318 e. The molecule has 0 bridgehead atoms. The van der Waals surface area contributed by atoms with Gasteiger partial charge in [-0.3, -0.25) is 25.0 Å². The van der Waals surface area contributed by atoms with Crippen LogP contribution in [0.3, 0.4) is 0 Å². The van der Waals surface area contributed by atoms with E-state index in [9.17, 15) is 30.1 Å². The molecule has 0 aliphatic heterocycles. The Morgan fingerprint density at radius 1 is 1.22 bits per heavy atom. The molecule has 0 radical (unpaired) electrons. The van der Waals surface area contributed by atoms with Crippen molar-refractivity contribution in [3.8, 4) is 5.75 Å². The zero-order valence-electron chi connectivity index (χ0n) is 13.9. The molecule has 0 unspecified atom stereocenters. The molecule has 11 nitrogen and oxygen atoms in total. The van der Waals surface area contributed by atoms with Gasteiger partial charge in [-0.25, -0.2) is 5.43 Å². The van der Waals surface area contributed by atoms with Gasteiger partial charge < -0.3 is 9.84 Å². The van der Waals surface area contributed by atoms with Crippen LogP contribution in [-0.4, -0.2) is 34.2 Å². The molecule has 2 aromatic rings. The summed E-state index contributed by atoms with van der Waals surface area (Å²) in [5.41, 5.74) is 0.974. The summed E-state index contributed by atoms with van der Waals surface area (Å²) in [5.74, 6) is -1.45. The lowest BCUT2D eigenvalue weighted by Crippen LogP contribution is -2.26. The van der Waals surface area contributed by atoms with E-state index >= 15 is 0 Å². The molecule has 0 aliphatic carbocycles. The normalized spacial score (nSPS) is 11.9. The van der Waals surface area contributed by atoms with Gasteiger partial charge in [0.1, 0.15) is 0 Å². The van der Waals surface area contributed by atoms with Crippen LogP contribution in [0.15, 0.2) is 47.6 Å². The summed E-state index contributed by atoms with van der Waals surface area (Å²) >= 11 is 0. The van der Waals surface area contributed by atoms with Gasteiger partial charge in [0.25, 0.3) is 11.6 Å². The van der Waals surface area contributed by atoms with E-state index in [4.69, 9.17) is 4.74 Å². The summed E-state index contributed by atoms with van der Waals surface area (Å²) in [6.07, 6.45) is -0.0957. The molecule has 0 saturated heterocycles. The highest BCUT2D eigenvalue weighted by molar-refractivity contribution is 5.89. The summed E-state index contributed by atoms with van der Waals surface area (Å²) < 4.78 is 5.11. The zero-order valence-corrected chi connectivity index (χ0v) is 13.9. The molecule has 11 heteroatoms. The highest BCUT2D eigenvalue weighted by Gasteiger charge is 2.23. The van der Waals surface area contributed by atoms with Crippen molar-refractivity contribution in [2.24, 2.45) is 5.10 Å². The molecule has 2 rings (SSSR count). The fourth-order valence-electron chi connectivity index (χ4n) is 2.22. The van der Waals surface area contributed by atoms with Crippen LogP contribution in [0.1, 0.15) is 17.2 Å². The number of methoxy groups -OCH3 is 1. The number of carbonyl (C=O) groups excluding carboxylic acids is 1. The molecule has 0 aromatic heterocycles. The highest BCUT2D eigenvalue weighted by atomic mass is 16.6. The summed E-state index contributed by atoms with van der Waals surface area (Å²) in [5, 5.41) is 35.2. The molecule has 0 aliphatic rings. The van der Waals surface area contributed by atoms with Gasteiger partial charge >= 0.3 is 5.69 Å². The van der Waals surface area contributed by atoms with Gasteiger partial charge in [0, 0.05) is 13.2 Å². The Morgan fingerprint density at radius 2 is 1.89 bits per heavy atom. The average Bonchev–Trinajstić information content (AvgIpc) is 2.64. The van der Waals surface area contributed by atoms with Crippen LogP contribution in [0, 0.1) is 20.2 Å². The van der Waals surface area contributed by atoms with E-state index in [0.29, 0.717) is 11.6 Å². The van der Waals surface area contributed by atoms with Crippen molar-refractivity contribution in [2.75, 3.05) is 7.11 Å². The van der Waals surface area contributed by atoms with Crippen LogP contribution >= 0.6 is 0 Å². The Bertz CT molecular complexity index is 899. The predicted molar refractivity (Wildman–Crippen MR) is 93.3 cm³/mol. The van der Waals surface area contributed by atoms with E-state index < -0.39 is 39.0 Å². The first kappa shape index (κ1) is 19.5. The number of amides is 1. The molecule has 2 N–H and O–H groups in total. The third-order valence-corrected chi connectivity index (χ3v) is 3.47. The molecule has 1 atom stereocenters. The molecule has 0 spiro atoms. The van der Waals surface area contributed by atoms with Crippen molar-refractivity contribution in [1.82, 2.24) is 5.43 Å². The lowest BCUT2D eigenvalue weighted by Gasteiger charge is -2.13. The van der Waals surface area contributed by atoms with Crippen molar-refractivity contribution >= 4 is 23.5 Å². The van der Waals surface area contributed by atoms with E-state index in [0.717, 1.165) is 12.3 Å². The van der Waals surface area contributed by atoms with Crippen molar-refractivity contribution in [3.05, 3.63) is 73.8 Å². The number of nitrogens with one attached hydrogen (secondary N) is 1. The number of nitro benzene ring substituents is 2. The van der Waals surface area contributed by atoms with Gasteiger partial charge in [-0.1, -0.05) is 30.3 Å². The highest BCUT2D eigenvalue weighted by Crippen LogP contribution is 2.33. The summed E-state index contributed by atoms with van der Waals surface area (Å²) in [4.78, 5) is 32.1. The molecule has 140 valence electrons. The Balaban J connectivity index is 2.23. The van der Waals surface area contributed by atoms with Crippen molar-refractivity contribution < 1.29 is 24.5 Å². The fraction of sp³-hybridized carbons (Fsp3) is 0.125. The van der Waals surface area contributed by atoms with Crippen molar-refractivity contribution in [1.29, 1.82) is 0 Å². The smallest absolute Gasteiger partial charge is 0.318 e. The molecule has 2 aromatic carbocycles. The average molecular weight is 374 g/mol. The number of carbonyl (C=O) groups is 1. The monoisotopic (exact) mass is 374 g/mol. The minimum Gasteiger partial charge on any atom is -0.502 e. The van der Waals surface area contributed by atoms with Crippen LogP contribution in [0.4, 0.5) is 11.4 Å². The molecular weight excluding hydrogens is 360 g/mol. The van der Waals surface area contributed by atoms with Crippen LogP contribution in [0.5, 0.6) is 5.75 Å². The maximum atomic E-state index is 12.2. The van der Waals surface area contributed by atoms with Crippen LogP contribution in [-0.2, 0) is 9.53 Å². The second kappa shape index (κ2) is 8.49. The van der Waals surface area contributed by atoms with Gasteiger partial charge in [0.15, 0.2) is 6.10 Å². The van der Waals surface area contributed by atoms with Crippen LogP contribution in [0.25, 0.3) is 0 Å². The van der Waals surface area contributed by atoms with E-state index in [1.165, 1.54) is 7.11 Å². The van der Waals surface area contributed by atoms with Crippen LogP contribution < -0.4 is 5.43 Å². The number of nitro groups is 2. The van der Waals surface area contributed by atoms with E-state index in [1.807, 2.05) is 0 Å². The maximum absolute atomic E-state index is 12.2. The minimum atomic E-state index is -0.964. The number of rotatable bonds is 7.